The van der Waals surface area contributed by atoms with Crippen LogP contribution >= 0.6 is 11.6 Å². The summed E-state index contributed by atoms with van der Waals surface area (Å²) < 4.78 is 0. The lowest BCUT2D eigenvalue weighted by Gasteiger charge is -2.01. The zero-order chi connectivity index (χ0) is 8.27. The Morgan fingerprint density at radius 2 is 2.27 bits per heavy atom. The summed E-state index contributed by atoms with van der Waals surface area (Å²) in [6, 6.07) is 4.92. The van der Waals surface area contributed by atoms with Gasteiger partial charge in [0.15, 0.2) is 0 Å². The molecule has 11 heavy (non-hydrogen) atoms. The molecule has 0 saturated heterocycles. The molecule has 0 fully saturated rings. The molecule has 3 nitrogen and oxygen atoms in total. The van der Waals surface area contributed by atoms with Gasteiger partial charge in [-0.3, -0.25) is 0 Å². The second-order valence-electron chi connectivity index (χ2n) is 2.00. The van der Waals surface area contributed by atoms with Crippen LogP contribution in [0.1, 0.15) is 0 Å². The molecule has 1 rings (SSSR count). The number of anilines is 1. The van der Waals surface area contributed by atoms with E-state index >= 15 is 0 Å². The maximum Gasteiger partial charge on any atom is 0.132 e. The Balaban J connectivity index is 3.16. The van der Waals surface area contributed by atoms with Crippen molar-refractivity contribution in [3.05, 3.63) is 28.1 Å². The fourth-order valence-corrected chi connectivity index (χ4v) is 0.958. The van der Waals surface area contributed by atoms with Crippen LogP contribution in [0.3, 0.4) is 0 Å². The van der Waals surface area contributed by atoms with E-state index in [0.717, 1.165) is 0 Å². The van der Waals surface area contributed by atoms with Crippen LogP contribution < -0.4 is 5.32 Å². The van der Waals surface area contributed by atoms with Gasteiger partial charge in [-0.25, -0.2) is 0 Å². The molecule has 0 aliphatic rings. The van der Waals surface area contributed by atoms with Gasteiger partial charge in [-0.15, -0.1) is 4.91 Å². The van der Waals surface area contributed by atoms with E-state index in [1.807, 2.05) is 0 Å². The SMILES string of the molecule is CNc1ccc(Cl)cc1N=O. The van der Waals surface area contributed by atoms with Crippen LogP contribution in [-0.2, 0) is 0 Å². The first-order valence-corrected chi connectivity index (χ1v) is 3.46. The first-order valence-electron chi connectivity index (χ1n) is 3.08. The first kappa shape index (κ1) is 8.01. The molecule has 58 valence electrons. The van der Waals surface area contributed by atoms with E-state index in [9.17, 15) is 4.91 Å². The number of nitroso groups, excluding NO2 is 1. The van der Waals surface area contributed by atoms with Gasteiger partial charge in [0.25, 0.3) is 0 Å². The molecule has 1 N–H and O–H groups in total. The predicted octanol–water partition coefficient (Wildman–Crippen LogP) is 2.78. The van der Waals surface area contributed by atoms with E-state index in [4.69, 9.17) is 11.6 Å². The first-order chi connectivity index (χ1) is 5.27. The molecule has 0 saturated carbocycles. The number of rotatable bonds is 2. The zero-order valence-electron chi connectivity index (χ0n) is 5.97. The minimum atomic E-state index is 0.333. The number of nitrogens with zero attached hydrogens (tertiary/aromatic N) is 1. The summed E-state index contributed by atoms with van der Waals surface area (Å²) in [5.74, 6) is 0. The molecule has 0 aromatic heterocycles. The van der Waals surface area contributed by atoms with Crippen LogP contribution in [0.4, 0.5) is 11.4 Å². The number of halogens is 1. The van der Waals surface area contributed by atoms with Crippen molar-refractivity contribution in [2.45, 2.75) is 0 Å². The number of hydrogen-bond acceptors (Lipinski definition) is 3. The Labute approximate surface area is 69.3 Å². The van der Waals surface area contributed by atoms with Crippen molar-refractivity contribution in [1.82, 2.24) is 0 Å². The summed E-state index contributed by atoms with van der Waals surface area (Å²) in [7, 11) is 1.72. The summed E-state index contributed by atoms with van der Waals surface area (Å²) in [5.41, 5.74) is 1.02. The van der Waals surface area contributed by atoms with Crippen molar-refractivity contribution >= 4 is 23.0 Å². The van der Waals surface area contributed by atoms with Crippen molar-refractivity contribution < 1.29 is 0 Å². The van der Waals surface area contributed by atoms with Gasteiger partial charge in [-0.2, -0.15) is 0 Å². The number of benzene rings is 1. The van der Waals surface area contributed by atoms with E-state index in [1.165, 1.54) is 6.07 Å². The average molecular weight is 171 g/mol. The van der Waals surface area contributed by atoms with Crippen molar-refractivity contribution in [2.24, 2.45) is 5.18 Å². The zero-order valence-corrected chi connectivity index (χ0v) is 6.72. The van der Waals surface area contributed by atoms with E-state index in [1.54, 1.807) is 19.2 Å². The van der Waals surface area contributed by atoms with E-state index in [2.05, 4.69) is 10.5 Å². The molecule has 0 atom stereocenters. The maximum absolute atomic E-state index is 10.2. The van der Waals surface area contributed by atoms with Gasteiger partial charge in [0, 0.05) is 12.1 Å². The van der Waals surface area contributed by atoms with Gasteiger partial charge in [0.1, 0.15) is 5.69 Å². The van der Waals surface area contributed by atoms with Crippen molar-refractivity contribution in [2.75, 3.05) is 12.4 Å². The number of nitrogens with one attached hydrogen (secondary N) is 1. The Bertz CT molecular complexity index is 275. The highest BCUT2D eigenvalue weighted by atomic mass is 35.5. The van der Waals surface area contributed by atoms with Gasteiger partial charge in [0.05, 0.1) is 5.69 Å². The molecule has 0 heterocycles. The lowest BCUT2D eigenvalue weighted by Crippen LogP contribution is -1.86. The summed E-state index contributed by atoms with van der Waals surface area (Å²) in [4.78, 5) is 10.2. The van der Waals surface area contributed by atoms with Crippen molar-refractivity contribution in [3.8, 4) is 0 Å². The molecule has 0 bridgehead atoms. The largest absolute Gasteiger partial charge is 0.386 e. The van der Waals surface area contributed by atoms with E-state index in [0.29, 0.717) is 16.4 Å². The van der Waals surface area contributed by atoms with Crippen LogP contribution in [0.5, 0.6) is 0 Å². The molecule has 0 aliphatic carbocycles. The molecular formula is C7H7ClN2O. The molecule has 0 spiro atoms. The second kappa shape index (κ2) is 3.34. The summed E-state index contributed by atoms with van der Waals surface area (Å²) in [5, 5.41) is 6.14. The molecule has 0 radical (unpaired) electrons. The van der Waals surface area contributed by atoms with E-state index < -0.39 is 0 Å². The highest BCUT2D eigenvalue weighted by Gasteiger charge is 2.00. The summed E-state index contributed by atoms with van der Waals surface area (Å²) in [6.45, 7) is 0. The standard InChI is InChI=1S/C7H7ClN2O/c1-9-6-3-2-5(8)4-7(6)10-11/h2-4,9H,1H3. The van der Waals surface area contributed by atoms with Crippen molar-refractivity contribution in [3.63, 3.8) is 0 Å². The molecule has 0 aliphatic heterocycles. The Morgan fingerprint density at radius 3 is 2.82 bits per heavy atom. The Hall–Kier alpha value is -1.09. The average Bonchev–Trinajstić information content (AvgIpc) is 2.04. The van der Waals surface area contributed by atoms with Gasteiger partial charge < -0.3 is 5.32 Å². The van der Waals surface area contributed by atoms with Crippen LogP contribution in [0, 0.1) is 4.91 Å². The van der Waals surface area contributed by atoms with Crippen LogP contribution in [0.15, 0.2) is 23.4 Å². The molecular weight excluding hydrogens is 164 g/mol. The molecule has 1 aromatic rings. The van der Waals surface area contributed by atoms with Gasteiger partial charge in [-0.1, -0.05) is 11.6 Å². The Kier molecular flexibility index (Phi) is 2.44. The Morgan fingerprint density at radius 1 is 1.55 bits per heavy atom. The topological polar surface area (TPSA) is 41.5 Å². The van der Waals surface area contributed by atoms with Gasteiger partial charge in [0.2, 0.25) is 0 Å². The van der Waals surface area contributed by atoms with Gasteiger partial charge >= 0.3 is 0 Å². The highest BCUT2D eigenvalue weighted by molar-refractivity contribution is 6.31. The third kappa shape index (κ3) is 1.68. The summed E-state index contributed by atoms with van der Waals surface area (Å²) in [6.07, 6.45) is 0. The molecule has 0 unspecified atom stereocenters. The van der Waals surface area contributed by atoms with E-state index in [-0.39, 0.29) is 0 Å². The van der Waals surface area contributed by atoms with Crippen LogP contribution in [0.2, 0.25) is 5.02 Å². The molecule has 1 aromatic carbocycles. The minimum absolute atomic E-state index is 0.333. The summed E-state index contributed by atoms with van der Waals surface area (Å²) >= 11 is 5.63. The third-order valence-corrected chi connectivity index (χ3v) is 1.56. The minimum Gasteiger partial charge on any atom is -0.386 e. The fourth-order valence-electron chi connectivity index (χ4n) is 0.792. The number of hydrogen-bond donors (Lipinski definition) is 1. The third-order valence-electron chi connectivity index (χ3n) is 1.33. The lowest BCUT2D eigenvalue weighted by molar-refractivity contribution is 1.44. The lowest BCUT2D eigenvalue weighted by atomic mass is 10.3. The van der Waals surface area contributed by atoms with Crippen LogP contribution in [0.25, 0.3) is 0 Å². The maximum atomic E-state index is 10.2. The highest BCUT2D eigenvalue weighted by Crippen LogP contribution is 2.27. The smallest absolute Gasteiger partial charge is 0.132 e. The molecule has 0 amide bonds. The van der Waals surface area contributed by atoms with Crippen molar-refractivity contribution in [1.29, 1.82) is 0 Å². The van der Waals surface area contributed by atoms with Gasteiger partial charge in [-0.05, 0) is 23.4 Å². The normalized spacial score (nSPS) is 9.27. The predicted molar refractivity (Wildman–Crippen MR) is 46.5 cm³/mol. The van der Waals surface area contributed by atoms with Crippen LogP contribution in [-0.4, -0.2) is 7.05 Å². The monoisotopic (exact) mass is 170 g/mol. The quantitative estimate of drug-likeness (QED) is 0.694. The second-order valence-corrected chi connectivity index (χ2v) is 2.44. The molecule has 4 heteroatoms. The fraction of sp³-hybridized carbons (Fsp3) is 0.143.